The van der Waals surface area contributed by atoms with Crippen LogP contribution in [0.1, 0.15) is 56.6 Å². The second-order valence-electron chi connectivity index (χ2n) is 11.4. The fourth-order valence-corrected chi connectivity index (χ4v) is 5.90. The molecule has 2 aliphatic rings. The Morgan fingerprint density at radius 3 is 1.98 bits per heavy atom. The summed E-state index contributed by atoms with van der Waals surface area (Å²) < 4.78 is 74.7. The summed E-state index contributed by atoms with van der Waals surface area (Å²) in [5, 5.41) is 0. The van der Waals surface area contributed by atoms with Gasteiger partial charge in [-0.1, -0.05) is 12.1 Å². The maximum atomic E-state index is 12.2. The molecule has 0 radical (unpaired) electrons. The van der Waals surface area contributed by atoms with Gasteiger partial charge in [0.15, 0.2) is 41.3 Å². The van der Waals surface area contributed by atoms with E-state index in [0.29, 0.717) is 16.7 Å². The van der Waals surface area contributed by atoms with Gasteiger partial charge in [0.25, 0.3) is 10.1 Å². The quantitative estimate of drug-likeness (QED) is 0.167. The summed E-state index contributed by atoms with van der Waals surface area (Å²) >= 11 is 0. The number of carbonyl (C=O) groups excluding carboxylic acids is 4. The van der Waals surface area contributed by atoms with Crippen molar-refractivity contribution in [1.29, 1.82) is 0 Å². The minimum absolute atomic E-state index is 0.0684. The van der Waals surface area contributed by atoms with Gasteiger partial charge < -0.3 is 37.9 Å². The Bertz CT molecular complexity index is 1940. The molecule has 0 saturated carbocycles. The summed E-state index contributed by atoms with van der Waals surface area (Å²) in [6, 6.07) is 12.4. The Morgan fingerprint density at radius 2 is 1.34 bits per heavy atom. The van der Waals surface area contributed by atoms with E-state index in [1.807, 2.05) is 0 Å². The highest BCUT2D eigenvalue weighted by Gasteiger charge is 2.39. The van der Waals surface area contributed by atoms with E-state index >= 15 is 0 Å². The summed E-state index contributed by atoms with van der Waals surface area (Å²) in [5.41, 5.74) is 1.38. The number of hydrogen-bond donors (Lipinski definition) is 0. The molecule has 266 valence electrons. The van der Waals surface area contributed by atoms with Crippen molar-refractivity contribution in [1.82, 2.24) is 0 Å². The zero-order valence-electron chi connectivity index (χ0n) is 27.9. The van der Waals surface area contributed by atoms with Gasteiger partial charge in [-0.05, 0) is 24.3 Å². The lowest BCUT2D eigenvalue weighted by Gasteiger charge is -2.36. The first-order chi connectivity index (χ1) is 23.6. The molecule has 5 rings (SSSR count). The van der Waals surface area contributed by atoms with Crippen LogP contribution < -0.4 is 33.2 Å². The molecule has 0 bridgehead atoms. The highest BCUT2D eigenvalue weighted by molar-refractivity contribution is 7.85. The smallest absolute Gasteiger partial charge is 0.308 e. The van der Waals surface area contributed by atoms with Crippen LogP contribution in [0.15, 0.2) is 48.5 Å². The molecule has 2 aliphatic heterocycles. The van der Waals surface area contributed by atoms with E-state index in [-0.39, 0.29) is 46.7 Å². The molecule has 0 N–H and O–H groups in total. The normalized spacial score (nSPS) is 19.2. The summed E-state index contributed by atoms with van der Waals surface area (Å²) in [6.45, 7) is 4.53. The molecule has 0 fully saturated rings. The topological polar surface area (TPSA) is 185 Å². The fourth-order valence-electron chi connectivity index (χ4n) is 5.52. The molecule has 4 atom stereocenters. The van der Waals surface area contributed by atoms with Gasteiger partial charge in [-0.25, -0.2) is 0 Å². The molecule has 15 nitrogen and oxygen atoms in total. The fraction of sp³-hybridized carbons (Fsp3) is 0.353. The molecule has 3 aromatic carbocycles. The van der Waals surface area contributed by atoms with Crippen molar-refractivity contribution in [2.24, 2.45) is 0 Å². The molecule has 2 heterocycles. The van der Waals surface area contributed by atoms with Crippen LogP contribution in [0.5, 0.6) is 40.2 Å². The van der Waals surface area contributed by atoms with E-state index in [2.05, 4.69) is 0 Å². The highest BCUT2D eigenvalue weighted by Crippen LogP contribution is 2.47. The molecule has 0 saturated heterocycles. The monoisotopic (exact) mass is 714 g/mol. The number of hydrogen-bond acceptors (Lipinski definition) is 15. The minimum Gasteiger partial charge on any atom is -0.493 e. The van der Waals surface area contributed by atoms with Gasteiger partial charge in [0.1, 0.15) is 30.0 Å². The molecule has 16 heteroatoms. The number of methoxy groups -OCH3 is 1. The van der Waals surface area contributed by atoms with Gasteiger partial charge in [-0.15, -0.1) is 0 Å². The van der Waals surface area contributed by atoms with Crippen LogP contribution in [-0.2, 0) is 44.6 Å². The molecule has 0 aliphatic carbocycles. The molecule has 0 spiro atoms. The third-order valence-corrected chi connectivity index (χ3v) is 7.92. The Balaban J connectivity index is 1.54. The van der Waals surface area contributed by atoms with Crippen molar-refractivity contribution in [3.05, 3.63) is 65.2 Å². The molecular weight excluding hydrogens is 680 g/mol. The molecule has 3 aromatic rings. The lowest BCUT2D eigenvalue weighted by molar-refractivity contribution is -0.152. The molecular formula is C34H34O15S. The molecule has 50 heavy (non-hydrogen) atoms. The summed E-state index contributed by atoms with van der Waals surface area (Å²) in [7, 11) is -2.46. The number of rotatable bonds is 10. The third kappa shape index (κ3) is 8.62. The summed E-state index contributed by atoms with van der Waals surface area (Å²) in [6.07, 6.45) is -2.76. The van der Waals surface area contributed by atoms with E-state index in [1.165, 1.54) is 53.0 Å². The Hall–Kier alpha value is -5.35. The maximum Gasteiger partial charge on any atom is 0.308 e. The summed E-state index contributed by atoms with van der Waals surface area (Å²) in [5.74, 6) is -1.16. The highest BCUT2D eigenvalue weighted by atomic mass is 32.2. The van der Waals surface area contributed by atoms with Crippen LogP contribution >= 0.6 is 0 Å². The van der Waals surface area contributed by atoms with Crippen molar-refractivity contribution >= 4 is 34.0 Å². The summed E-state index contributed by atoms with van der Waals surface area (Å²) in [4.78, 5) is 47.4. The van der Waals surface area contributed by atoms with Gasteiger partial charge in [-0.2, -0.15) is 8.42 Å². The first-order valence-corrected chi connectivity index (χ1v) is 17.0. The number of benzene rings is 3. The van der Waals surface area contributed by atoms with E-state index in [1.54, 1.807) is 30.3 Å². The largest absolute Gasteiger partial charge is 0.493 e. The average molecular weight is 715 g/mol. The van der Waals surface area contributed by atoms with Crippen molar-refractivity contribution in [3.63, 3.8) is 0 Å². The Labute approximate surface area is 287 Å². The van der Waals surface area contributed by atoms with Gasteiger partial charge in [-0.3, -0.25) is 23.4 Å². The maximum absolute atomic E-state index is 12.2. The van der Waals surface area contributed by atoms with Gasteiger partial charge >= 0.3 is 23.9 Å². The van der Waals surface area contributed by atoms with Crippen molar-refractivity contribution in [3.8, 4) is 40.2 Å². The van der Waals surface area contributed by atoms with E-state index in [9.17, 15) is 27.6 Å². The molecule has 0 unspecified atom stereocenters. The zero-order chi connectivity index (χ0) is 36.3. The van der Waals surface area contributed by atoms with E-state index < -0.39 is 65.0 Å². The molecule has 0 amide bonds. The Morgan fingerprint density at radius 1 is 0.700 bits per heavy atom. The van der Waals surface area contributed by atoms with Crippen LogP contribution in [-0.4, -0.2) is 64.5 Å². The lowest BCUT2D eigenvalue weighted by Crippen LogP contribution is -2.38. The van der Waals surface area contributed by atoms with Crippen LogP contribution in [0, 0.1) is 0 Å². The van der Waals surface area contributed by atoms with Crippen molar-refractivity contribution < 1.29 is 69.7 Å². The van der Waals surface area contributed by atoms with Gasteiger partial charge in [0, 0.05) is 62.9 Å². The van der Waals surface area contributed by atoms with Crippen LogP contribution in [0.25, 0.3) is 0 Å². The predicted octanol–water partition coefficient (Wildman–Crippen LogP) is 3.94. The van der Waals surface area contributed by atoms with Crippen molar-refractivity contribution in [2.75, 3.05) is 20.0 Å². The van der Waals surface area contributed by atoms with Gasteiger partial charge in [0.05, 0.1) is 13.4 Å². The lowest BCUT2D eigenvalue weighted by atomic mass is 9.93. The Kier molecular flexibility index (Phi) is 10.5. The van der Waals surface area contributed by atoms with E-state index in [4.69, 9.17) is 42.1 Å². The van der Waals surface area contributed by atoms with E-state index in [0.717, 1.165) is 6.26 Å². The first-order valence-electron chi connectivity index (χ1n) is 15.2. The number of carbonyl (C=O) groups is 4. The van der Waals surface area contributed by atoms with Gasteiger partial charge in [0.2, 0.25) is 0 Å². The van der Waals surface area contributed by atoms with Crippen LogP contribution in [0.4, 0.5) is 0 Å². The predicted molar refractivity (Wildman–Crippen MR) is 171 cm³/mol. The van der Waals surface area contributed by atoms with Crippen molar-refractivity contribution in [2.45, 2.75) is 58.5 Å². The second-order valence-corrected chi connectivity index (χ2v) is 13.0. The number of esters is 4. The first kappa shape index (κ1) is 35.9. The zero-order valence-corrected chi connectivity index (χ0v) is 28.7. The minimum atomic E-state index is -3.85. The molecule has 0 aromatic heterocycles. The second kappa shape index (κ2) is 14.6. The van der Waals surface area contributed by atoms with Crippen LogP contribution in [0.3, 0.4) is 0 Å². The average Bonchev–Trinajstić information content (AvgIpc) is 3.02. The third-order valence-electron chi connectivity index (χ3n) is 7.35. The van der Waals surface area contributed by atoms with Crippen LogP contribution in [0.2, 0.25) is 0 Å². The number of fused-ring (bicyclic) bond motifs is 2. The standard InChI is InChI=1S/C34H34O15S/c1-17(35)43-23-13-27(45-19(3)37)24-15-31(46-20(4)38)33(48-28(24)14-23)22-8-10-26-30(12-22)49-34(32(47-26)16-42-50(6,39)40)21-7-9-25(44-18(2)36)29(11-21)41-5/h7-14,31-34H,15-16H2,1-6H3/t31-,32+,33+,34+/m0/s1. The number of ether oxygens (including phenoxy) is 8. The SMILES string of the molecule is COc1cc([C@H]2Oc3cc([C@H]4Oc5cc(OC(C)=O)cc(OC(C)=O)c5C[C@@H]4OC(C)=O)ccc3O[C@@H]2COS(C)(=O)=O)ccc1OC(C)=O.